The fraction of sp³-hybridized carbons (Fsp3) is 0.222. The maximum Gasteiger partial charge on any atom is 0.416 e. The van der Waals surface area contributed by atoms with Crippen molar-refractivity contribution in [2.45, 2.75) is 25.9 Å². The number of nitrogens with zero attached hydrogens (tertiary/aromatic N) is 1. The van der Waals surface area contributed by atoms with Crippen LogP contribution in [0.5, 0.6) is 0 Å². The summed E-state index contributed by atoms with van der Waals surface area (Å²) in [5, 5.41) is 5.09. The van der Waals surface area contributed by atoms with Crippen LogP contribution in [0.2, 0.25) is 0 Å². The fourth-order valence-corrected chi connectivity index (χ4v) is 2.41. The van der Waals surface area contributed by atoms with Gasteiger partial charge in [0, 0.05) is 23.9 Å². The molecule has 0 saturated carbocycles. The molecule has 136 valence electrons. The number of amides is 2. The number of nitrogens with one attached hydrogen (secondary N) is 2. The molecule has 1 heterocycles. The van der Waals surface area contributed by atoms with Crippen LogP contribution in [0.3, 0.4) is 0 Å². The van der Waals surface area contributed by atoms with Crippen molar-refractivity contribution in [2.75, 3.05) is 10.6 Å². The zero-order valence-electron chi connectivity index (χ0n) is 13.9. The summed E-state index contributed by atoms with van der Waals surface area (Å²) in [7, 11) is 0. The number of oxazole rings is 1. The van der Waals surface area contributed by atoms with Crippen LogP contribution in [-0.2, 0) is 12.6 Å². The summed E-state index contributed by atoms with van der Waals surface area (Å²) in [4.78, 5) is 16.3. The lowest BCUT2D eigenvalue weighted by Crippen LogP contribution is -2.19. The van der Waals surface area contributed by atoms with Gasteiger partial charge in [-0.05, 0) is 42.8 Å². The topological polar surface area (TPSA) is 67.2 Å². The second-order valence-corrected chi connectivity index (χ2v) is 5.69. The number of anilines is 2. The van der Waals surface area contributed by atoms with Crippen LogP contribution in [-0.4, -0.2) is 11.0 Å². The number of rotatable bonds is 4. The van der Waals surface area contributed by atoms with Crippen molar-refractivity contribution in [1.82, 2.24) is 4.98 Å². The minimum atomic E-state index is -4.41. The number of alkyl halides is 3. The third-order valence-electron chi connectivity index (χ3n) is 3.62. The Kier molecular flexibility index (Phi) is 4.83. The van der Waals surface area contributed by atoms with E-state index in [0.29, 0.717) is 22.7 Å². The molecule has 8 heteroatoms. The van der Waals surface area contributed by atoms with Crippen molar-refractivity contribution in [3.05, 3.63) is 53.9 Å². The molecule has 0 fully saturated rings. The largest absolute Gasteiger partial charge is 0.441 e. The number of fused-ring (bicyclic) bond motifs is 1. The summed E-state index contributed by atoms with van der Waals surface area (Å²) in [5.74, 6) is 0.633. The van der Waals surface area contributed by atoms with Crippen LogP contribution in [0.25, 0.3) is 11.1 Å². The van der Waals surface area contributed by atoms with Crippen molar-refractivity contribution in [3.8, 4) is 0 Å². The lowest BCUT2D eigenvalue weighted by Gasteiger charge is -2.09. The van der Waals surface area contributed by atoms with E-state index < -0.39 is 17.8 Å². The first kappa shape index (κ1) is 17.8. The zero-order valence-corrected chi connectivity index (χ0v) is 13.9. The molecule has 0 radical (unpaired) electrons. The average molecular weight is 363 g/mol. The van der Waals surface area contributed by atoms with E-state index in [1.54, 1.807) is 18.2 Å². The first-order chi connectivity index (χ1) is 12.3. The number of carbonyl (C=O) groups is 1. The Morgan fingerprint density at radius 3 is 2.38 bits per heavy atom. The lowest BCUT2D eigenvalue weighted by atomic mass is 10.2. The highest BCUT2D eigenvalue weighted by atomic mass is 19.4. The van der Waals surface area contributed by atoms with Gasteiger partial charge in [-0.15, -0.1) is 0 Å². The van der Waals surface area contributed by atoms with Crippen LogP contribution in [0.4, 0.5) is 29.3 Å². The molecular formula is C18H16F3N3O2. The van der Waals surface area contributed by atoms with E-state index in [1.165, 1.54) is 12.1 Å². The highest BCUT2D eigenvalue weighted by Gasteiger charge is 2.29. The summed E-state index contributed by atoms with van der Waals surface area (Å²) in [6.45, 7) is 2.02. The molecule has 26 heavy (non-hydrogen) atoms. The zero-order chi connectivity index (χ0) is 18.7. The van der Waals surface area contributed by atoms with E-state index in [2.05, 4.69) is 15.6 Å². The van der Waals surface area contributed by atoms with Crippen molar-refractivity contribution < 1.29 is 22.4 Å². The summed E-state index contributed by atoms with van der Waals surface area (Å²) in [6, 6.07) is 8.68. The Morgan fingerprint density at radius 2 is 1.73 bits per heavy atom. The predicted molar refractivity (Wildman–Crippen MR) is 92.1 cm³/mol. The molecule has 1 aromatic heterocycles. The van der Waals surface area contributed by atoms with Crippen LogP contribution < -0.4 is 10.6 Å². The second-order valence-electron chi connectivity index (χ2n) is 5.69. The molecule has 0 saturated heterocycles. The van der Waals surface area contributed by atoms with E-state index in [1.807, 2.05) is 6.92 Å². The molecule has 0 atom stereocenters. The molecule has 2 N–H and O–H groups in total. The predicted octanol–water partition coefficient (Wildman–Crippen LogP) is 5.44. The van der Waals surface area contributed by atoms with Crippen molar-refractivity contribution >= 4 is 28.5 Å². The first-order valence-electron chi connectivity index (χ1n) is 8.00. The Labute approximate surface area is 147 Å². The Hall–Kier alpha value is -3.03. The number of hydrogen-bond donors (Lipinski definition) is 2. The second kappa shape index (κ2) is 7.07. The Bertz CT molecular complexity index is 918. The summed E-state index contributed by atoms with van der Waals surface area (Å²) >= 11 is 0. The molecule has 0 bridgehead atoms. The highest BCUT2D eigenvalue weighted by Crippen LogP contribution is 2.29. The van der Waals surface area contributed by atoms with Gasteiger partial charge < -0.3 is 15.1 Å². The van der Waals surface area contributed by atoms with Gasteiger partial charge in [-0.2, -0.15) is 13.2 Å². The van der Waals surface area contributed by atoms with Gasteiger partial charge >= 0.3 is 12.2 Å². The number of urea groups is 1. The van der Waals surface area contributed by atoms with Gasteiger partial charge in [0.05, 0.1) is 5.56 Å². The number of hydrogen-bond acceptors (Lipinski definition) is 3. The number of aromatic nitrogens is 1. The maximum atomic E-state index is 12.5. The third kappa shape index (κ3) is 4.14. The average Bonchev–Trinajstić information content (AvgIpc) is 2.96. The van der Waals surface area contributed by atoms with Crippen LogP contribution >= 0.6 is 0 Å². The number of carbonyl (C=O) groups excluding carboxylic acids is 1. The minimum Gasteiger partial charge on any atom is -0.441 e. The molecule has 2 aromatic carbocycles. The molecule has 0 aliphatic heterocycles. The van der Waals surface area contributed by atoms with E-state index in [-0.39, 0.29) is 5.69 Å². The molecule has 2 amide bonds. The summed E-state index contributed by atoms with van der Waals surface area (Å²) < 4.78 is 43.2. The Balaban J connectivity index is 1.66. The van der Waals surface area contributed by atoms with Gasteiger partial charge in [-0.1, -0.05) is 6.92 Å². The van der Waals surface area contributed by atoms with E-state index in [4.69, 9.17) is 4.42 Å². The molecule has 0 spiro atoms. The van der Waals surface area contributed by atoms with Crippen LogP contribution in [0.1, 0.15) is 24.8 Å². The number of benzene rings is 2. The molecule has 0 aliphatic carbocycles. The van der Waals surface area contributed by atoms with Gasteiger partial charge in [0.25, 0.3) is 0 Å². The minimum absolute atomic E-state index is 0.251. The number of halogens is 3. The van der Waals surface area contributed by atoms with E-state index in [9.17, 15) is 18.0 Å². The van der Waals surface area contributed by atoms with Gasteiger partial charge in [0.2, 0.25) is 0 Å². The standard InChI is InChI=1S/C18H16F3N3O2/c1-2-3-16-24-14-9-8-13(10-15(14)26-16)23-17(25)22-12-6-4-11(5-7-12)18(19,20)21/h4-10H,2-3H2,1H3,(H2,22,23,25). The molecule has 0 unspecified atom stereocenters. The van der Waals surface area contributed by atoms with Crippen molar-refractivity contribution in [1.29, 1.82) is 0 Å². The SMILES string of the molecule is CCCc1nc2ccc(NC(=O)Nc3ccc(C(F)(F)F)cc3)cc2o1. The van der Waals surface area contributed by atoms with Crippen molar-refractivity contribution in [2.24, 2.45) is 0 Å². The third-order valence-corrected chi connectivity index (χ3v) is 3.62. The molecule has 5 nitrogen and oxygen atoms in total. The normalized spacial score (nSPS) is 11.5. The Morgan fingerprint density at radius 1 is 1.08 bits per heavy atom. The van der Waals surface area contributed by atoms with Crippen LogP contribution in [0.15, 0.2) is 46.9 Å². The molecular weight excluding hydrogens is 347 g/mol. The molecule has 3 aromatic rings. The summed E-state index contributed by atoms with van der Waals surface area (Å²) in [6.07, 6.45) is -2.77. The fourth-order valence-electron chi connectivity index (χ4n) is 2.41. The van der Waals surface area contributed by atoms with E-state index >= 15 is 0 Å². The molecule has 3 rings (SSSR count). The van der Waals surface area contributed by atoms with Gasteiger partial charge in [0.1, 0.15) is 5.52 Å². The quantitative estimate of drug-likeness (QED) is 0.648. The highest BCUT2D eigenvalue weighted by molar-refractivity contribution is 6.00. The number of aryl methyl sites for hydroxylation is 1. The van der Waals surface area contributed by atoms with E-state index in [0.717, 1.165) is 25.0 Å². The molecule has 0 aliphatic rings. The van der Waals surface area contributed by atoms with Gasteiger partial charge in [0.15, 0.2) is 11.5 Å². The summed E-state index contributed by atoms with van der Waals surface area (Å²) in [5.41, 5.74) is 1.22. The van der Waals surface area contributed by atoms with Gasteiger partial charge in [-0.25, -0.2) is 9.78 Å². The monoisotopic (exact) mass is 363 g/mol. The van der Waals surface area contributed by atoms with Crippen LogP contribution in [0, 0.1) is 0 Å². The van der Waals surface area contributed by atoms with Crippen molar-refractivity contribution in [3.63, 3.8) is 0 Å². The smallest absolute Gasteiger partial charge is 0.416 e. The van der Waals surface area contributed by atoms with Gasteiger partial charge in [-0.3, -0.25) is 0 Å². The maximum absolute atomic E-state index is 12.5. The first-order valence-corrected chi connectivity index (χ1v) is 8.00. The lowest BCUT2D eigenvalue weighted by molar-refractivity contribution is -0.137.